The molecular weight excluding hydrogens is 296 g/mol. The topological polar surface area (TPSA) is 85.6 Å². The lowest BCUT2D eigenvalue weighted by molar-refractivity contribution is -0.146. The molecule has 7 heteroatoms. The third-order valence-corrected chi connectivity index (χ3v) is 2.73. The summed E-state index contributed by atoms with van der Waals surface area (Å²) < 4.78 is 1.63. The number of hydroxylamine groups is 1. The smallest absolute Gasteiger partial charge is 0.273 e. The van der Waals surface area contributed by atoms with E-state index in [9.17, 15) is 9.59 Å². The highest BCUT2D eigenvalue weighted by atomic mass is 16.7. The number of rotatable bonds is 4. The first-order chi connectivity index (χ1) is 11.1. The van der Waals surface area contributed by atoms with Gasteiger partial charge in [-0.1, -0.05) is 32.0 Å². The highest BCUT2D eigenvalue weighted by Crippen LogP contribution is 2.02. The fraction of sp³-hybridized carbons (Fsp3) is 0.250. The highest BCUT2D eigenvalue weighted by Gasteiger charge is 2.12. The monoisotopic (exact) mass is 314 g/mol. The van der Waals surface area contributed by atoms with Crippen LogP contribution in [0.15, 0.2) is 53.8 Å². The molecule has 0 unspecified atom stereocenters. The van der Waals surface area contributed by atoms with Gasteiger partial charge in [0.1, 0.15) is 0 Å². The van der Waals surface area contributed by atoms with Gasteiger partial charge < -0.3 is 0 Å². The number of para-hydroxylation sites is 1. The lowest BCUT2D eigenvalue weighted by Crippen LogP contribution is -2.32. The molecule has 1 aromatic heterocycles. The van der Waals surface area contributed by atoms with Crippen molar-refractivity contribution >= 4 is 11.8 Å². The Morgan fingerprint density at radius 1 is 1.26 bits per heavy atom. The average Bonchev–Trinajstić information content (AvgIpc) is 2.56. The molecule has 0 spiro atoms. The first-order valence-electron chi connectivity index (χ1n) is 7.17. The second kappa shape index (κ2) is 8.00. The van der Waals surface area contributed by atoms with E-state index in [1.165, 1.54) is 6.20 Å². The van der Waals surface area contributed by atoms with Crippen molar-refractivity contribution in [3.63, 3.8) is 0 Å². The maximum Gasteiger partial charge on any atom is 0.337 e. The molecule has 2 rings (SSSR count). The minimum Gasteiger partial charge on any atom is -0.273 e. The first-order valence-corrected chi connectivity index (χ1v) is 7.17. The summed E-state index contributed by atoms with van der Waals surface area (Å²) in [6, 6.07) is 11.1. The molecule has 0 atom stereocenters. The van der Waals surface area contributed by atoms with Crippen LogP contribution < -0.4 is 10.8 Å². The Kier molecular flexibility index (Phi) is 5.76. The zero-order valence-corrected chi connectivity index (χ0v) is 13.0. The number of nitrogens with zero attached hydrogens (tertiary/aromatic N) is 3. The summed E-state index contributed by atoms with van der Waals surface area (Å²) in [6.45, 7) is 4.18. The van der Waals surface area contributed by atoms with E-state index < -0.39 is 11.8 Å². The number of aromatic nitrogens is 2. The number of carbonyl (C=O) groups excluding carboxylic acids is 2. The molecule has 1 aromatic carbocycles. The minimum atomic E-state index is -0.937. The lowest BCUT2D eigenvalue weighted by Gasteiger charge is -2.05. The Bertz CT molecular complexity index is 718. The molecule has 0 saturated carbocycles. The van der Waals surface area contributed by atoms with Crippen LogP contribution in [0.1, 0.15) is 13.8 Å². The molecular formula is C16H18N4O3. The summed E-state index contributed by atoms with van der Waals surface area (Å²) >= 11 is 0. The molecule has 1 heterocycles. The fourth-order valence-electron chi connectivity index (χ4n) is 1.64. The van der Waals surface area contributed by atoms with Gasteiger partial charge in [-0.2, -0.15) is 5.10 Å². The van der Waals surface area contributed by atoms with Gasteiger partial charge in [0.15, 0.2) is 0 Å². The SMILES string of the molecule is CC(C)CONC(=O)C(=O)/N=c1\ccn(-c2ccccc2)nc1. The van der Waals surface area contributed by atoms with Crippen LogP contribution in [-0.4, -0.2) is 28.2 Å². The van der Waals surface area contributed by atoms with Crippen LogP contribution >= 0.6 is 0 Å². The Labute approximate surface area is 133 Å². The molecule has 0 aliphatic heterocycles. The number of hydrogen-bond acceptors (Lipinski definition) is 4. The van der Waals surface area contributed by atoms with Crippen LogP contribution in [0.25, 0.3) is 5.69 Å². The summed E-state index contributed by atoms with van der Waals surface area (Å²) in [5.41, 5.74) is 2.94. The van der Waals surface area contributed by atoms with E-state index in [1.807, 2.05) is 44.2 Å². The van der Waals surface area contributed by atoms with Crippen LogP contribution in [-0.2, 0) is 14.4 Å². The van der Waals surface area contributed by atoms with Crippen molar-refractivity contribution in [1.29, 1.82) is 0 Å². The van der Waals surface area contributed by atoms with E-state index >= 15 is 0 Å². The summed E-state index contributed by atoms with van der Waals surface area (Å²) in [4.78, 5) is 31.7. The van der Waals surface area contributed by atoms with Crippen molar-refractivity contribution in [2.45, 2.75) is 13.8 Å². The number of hydrogen-bond donors (Lipinski definition) is 1. The molecule has 0 saturated heterocycles. The van der Waals surface area contributed by atoms with Crippen LogP contribution in [0.5, 0.6) is 0 Å². The van der Waals surface area contributed by atoms with Gasteiger partial charge in [-0.25, -0.2) is 15.2 Å². The van der Waals surface area contributed by atoms with Gasteiger partial charge >= 0.3 is 11.8 Å². The van der Waals surface area contributed by atoms with Crippen LogP contribution in [0, 0.1) is 5.92 Å². The van der Waals surface area contributed by atoms with Gasteiger partial charge in [-0.3, -0.25) is 14.4 Å². The number of nitrogens with one attached hydrogen (secondary N) is 1. The van der Waals surface area contributed by atoms with Crippen LogP contribution in [0.3, 0.4) is 0 Å². The van der Waals surface area contributed by atoms with Crippen molar-refractivity contribution in [1.82, 2.24) is 15.3 Å². The average molecular weight is 314 g/mol. The standard InChI is InChI=1S/C16H18N4O3/c1-12(2)11-23-19-16(22)15(21)18-13-8-9-20(17-10-13)14-6-4-3-5-7-14/h3-10,12H,11H2,1-2H3,(H,19,22)/b18-13+. The van der Waals surface area contributed by atoms with Crippen molar-refractivity contribution in [2.75, 3.05) is 6.61 Å². The zero-order valence-electron chi connectivity index (χ0n) is 13.0. The Morgan fingerprint density at radius 3 is 2.61 bits per heavy atom. The van der Waals surface area contributed by atoms with Crippen molar-refractivity contribution in [3.05, 3.63) is 54.1 Å². The molecule has 23 heavy (non-hydrogen) atoms. The summed E-state index contributed by atoms with van der Waals surface area (Å²) in [5, 5.41) is 4.45. The summed E-state index contributed by atoms with van der Waals surface area (Å²) in [7, 11) is 0. The van der Waals surface area contributed by atoms with Crippen LogP contribution in [0.2, 0.25) is 0 Å². The van der Waals surface area contributed by atoms with Gasteiger partial charge in [0.2, 0.25) is 0 Å². The summed E-state index contributed by atoms with van der Waals surface area (Å²) in [6.07, 6.45) is 3.07. The Balaban J connectivity index is 2.02. The summed E-state index contributed by atoms with van der Waals surface area (Å²) in [5.74, 6) is -1.60. The number of carbonyl (C=O) groups is 2. The zero-order chi connectivity index (χ0) is 16.7. The molecule has 0 aliphatic carbocycles. The van der Waals surface area contributed by atoms with Crippen LogP contribution in [0.4, 0.5) is 0 Å². The predicted octanol–water partition coefficient (Wildman–Crippen LogP) is 1.00. The molecule has 0 aliphatic rings. The van der Waals surface area contributed by atoms with Gasteiger partial charge in [0.05, 0.1) is 23.8 Å². The van der Waals surface area contributed by atoms with Gasteiger partial charge in [-0.05, 0) is 24.1 Å². The fourth-order valence-corrected chi connectivity index (χ4v) is 1.64. The lowest BCUT2D eigenvalue weighted by atomic mass is 10.2. The van der Waals surface area contributed by atoms with Crippen molar-refractivity contribution < 1.29 is 14.4 Å². The molecule has 0 bridgehead atoms. The molecule has 2 amide bonds. The van der Waals surface area contributed by atoms with Gasteiger partial charge in [0.25, 0.3) is 0 Å². The van der Waals surface area contributed by atoms with E-state index in [4.69, 9.17) is 4.84 Å². The molecule has 0 radical (unpaired) electrons. The molecule has 1 N–H and O–H groups in total. The third-order valence-electron chi connectivity index (χ3n) is 2.73. The number of benzene rings is 1. The van der Waals surface area contributed by atoms with Crippen molar-refractivity contribution in [2.24, 2.45) is 10.9 Å². The minimum absolute atomic E-state index is 0.245. The maximum absolute atomic E-state index is 11.6. The third kappa shape index (κ3) is 5.15. The predicted molar refractivity (Wildman–Crippen MR) is 83.1 cm³/mol. The van der Waals surface area contributed by atoms with E-state index in [0.717, 1.165) is 5.69 Å². The van der Waals surface area contributed by atoms with E-state index in [-0.39, 0.29) is 5.92 Å². The normalized spacial score (nSPS) is 11.5. The first kappa shape index (κ1) is 16.6. The van der Waals surface area contributed by atoms with E-state index in [1.54, 1.807) is 16.9 Å². The molecule has 120 valence electrons. The quantitative estimate of drug-likeness (QED) is 0.674. The largest absolute Gasteiger partial charge is 0.337 e. The molecule has 0 fully saturated rings. The van der Waals surface area contributed by atoms with E-state index in [2.05, 4.69) is 15.6 Å². The number of amides is 2. The second-order valence-corrected chi connectivity index (χ2v) is 5.22. The Hall–Kier alpha value is -2.80. The highest BCUT2D eigenvalue weighted by molar-refractivity contribution is 6.35. The Morgan fingerprint density at radius 2 is 2.00 bits per heavy atom. The van der Waals surface area contributed by atoms with Gasteiger partial charge in [0, 0.05) is 6.20 Å². The van der Waals surface area contributed by atoms with Gasteiger partial charge in [-0.15, -0.1) is 0 Å². The maximum atomic E-state index is 11.6. The van der Waals surface area contributed by atoms with Crippen molar-refractivity contribution in [3.8, 4) is 5.69 Å². The molecule has 2 aromatic rings. The molecule has 7 nitrogen and oxygen atoms in total. The second-order valence-electron chi connectivity index (χ2n) is 5.22. The van der Waals surface area contributed by atoms with E-state index in [0.29, 0.717) is 12.0 Å².